The van der Waals surface area contributed by atoms with Crippen LogP contribution in [0.4, 0.5) is 25.1 Å². The van der Waals surface area contributed by atoms with Crippen LogP contribution in [0.2, 0.25) is 0 Å². The number of urea groups is 1. The van der Waals surface area contributed by atoms with Crippen LogP contribution < -0.4 is 25.4 Å². The number of amides is 2. The fraction of sp³-hybridized carbons (Fsp3) is 0.235. The Morgan fingerprint density at radius 1 is 1.30 bits per heavy atom. The number of hydrogen-bond donors (Lipinski definition) is 3. The van der Waals surface area contributed by atoms with Crippen LogP contribution in [0.3, 0.4) is 0 Å². The lowest BCUT2D eigenvalue weighted by Gasteiger charge is -2.13. The van der Waals surface area contributed by atoms with Gasteiger partial charge in [-0.15, -0.1) is 0 Å². The lowest BCUT2D eigenvalue weighted by Crippen LogP contribution is -2.32. The first-order valence-electron chi connectivity index (χ1n) is 7.80. The number of anilines is 2. The molecule has 0 fully saturated rings. The van der Waals surface area contributed by atoms with Gasteiger partial charge in [0, 0.05) is 31.0 Å². The van der Waals surface area contributed by atoms with Crippen molar-refractivity contribution in [1.82, 2.24) is 10.3 Å². The molecule has 0 aliphatic rings. The van der Waals surface area contributed by atoms with Gasteiger partial charge in [0.25, 0.3) is 0 Å². The molecule has 0 radical (unpaired) electrons. The van der Waals surface area contributed by atoms with E-state index in [2.05, 4.69) is 25.7 Å². The second-order valence-electron chi connectivity index (χ2n) is 5.06. The van der Waals surface area contributed by atoms with E-state index in [1.165, 1.54) is 25.3 Å². The smallest absolute Gasteiger partial charge is 0.387 e. The highest BCUT2D eigenvalue weighted by atomic mass is 19.3. The van der Waals surface area contributed by atoms with Crippen molar-refractivity contribution in [3.8, 4) is 17.6 Å². The van der Waals surface area contributed by atoms with E-state index in [1.807, 2.05) is 6.07 Å². The number of halogens is 2. The van der Waals surface area contributed by atoms with Crippen molar-refractivity contribution in [2.75, 3.05) is 30.8 Å². The second-order valence-corrected chi connectivity index (χ2v) is 5.06. The topological polar surface area (TPSA) is 108 Å². The summed E-state index contributed by atoms with van der Waals surface area (Å²) in [7, 11) is 1.32. The minimum absolute atomic E-state index is 0.120. The largest absolute Gasteiger partial charge is 0.493 e. The first-order valence-corrected chi connectivity index (χ1v) is 7.80. The number of carbonyl (C=O) groups excluding carboxylic acids is 1. The van der Waals surface area contributed by atoms with Gasteiger partial charge in [0.15, 0.2) is 11.5 Å². The number of hydrogen-bond acceptors (Lipinski definition) is 6. The molecule has 0 aliphatic carbocycles. The van der Waals surface area contributed by atoms with Gasteiger partial charge in [0.05, 0.1) is 12.7 Å². The summed E-state index contributed by atoms with van der Waals surface area (Å²) in [6, 6.07) is 8.86. The highest BCUT2D eigenvalue weighted by Crippen LogP contribution is 2.31. The Bertz CT molecular complexity index is 826. The number of benzene rings is 1. The predicted octanol–water partition coefficient (Wildman–Crippen LogP) is 2.80. The zero-order valence-electron chi connectivity index (χ0n) is 14.3. The fourth-order valence-electron chi connectivity index (χ4n) is 2.11. The maximum atomic E-state index is 12.4. The van der Waals surface area contributed by atoms with Crippen LogP contribution in [0.15, 0.2) is 36.5 Å². The average Bonchev–Trinajstić information content (AvgIpc) is 2.65. The minimum atomic E-state index is -3.01. The van der Waals surface area contributed by atoms with Gasteiger partial charge < -0.3 is 25.4 Å². The fourth-order valence-corrected chi connectivity index (χ4v) is 2.11. The molecule has 0 unspecified atom stereocenters. The minimum Gasteiger partial charge on any atom is -0.493 e. The number of alkyl halides is 2. The third-order valence-electron chi connectivity index (χ3n) is 3.27. The molecule has 0 aliphatic heterocycles. The van der Waals surface area contributed by atoms with Crippen LogP contribution in [0.25, 0.3) is 0 Å². The van der Waals surface area contributed by atoms with E-state index in [1.54, 1.807) is 18.3 Å². The Hall–Kier alpha value is -3.61. The number of ether oxygens (including phenoxy) is 2. The zero-order valence-corrected chi connectivity index (χ0v) is 14.3. The summed E-state index contributed by atoms with van der Waals surface area (Å²) in [5.74, 6) is 0.353. The van der Waals surface area contributed by atoms with Gasteiger partial charge in [-0.25, -0.2) is 9.78 Å². The number of rotatable bonds is 8. The van der Waals surface area contributed by atoms with E-state index in [0.29, 0.717) is 17.9 Å². The number of nitriles is 1. The van der Waals surface area contributed by atoms with Crippen molar-refractivity contribution in [3.05, 3.63) is 42.1 Å². The van der Waals surface area contributed by atoms with Crippen LogP contribution in [0, 0.1) is 11.3 Å². The van der Waals surface area contributed by atoms with Gasteiger partial charge >= 0.3 is 12.6 Å². The summed E-state index contributed by atoms with van der Waals surface area (Å²) in [4.78, 5) is 15.9. The molecule has 1 heterocycles. The van der Waals surface area contributed by atoms with E-state index >= 15 is 0 Å². The number of pyridine rings is 1. The molecule has 0 atom stereocenters. The van der Waals surface area contributed by atoms with Gasteiger partial charge in [0.2, 0.25) is 0 Å². The first-order chi connectivity index (χ1) is 13.0. The van der Waals surface area contributed by atoms with Crippen molar-refractivity contribution in [1.29, 1.82) is 5.26 Å². The molecular weight excluding hydrogens is 360 g/mol. The number of methoxy groups -OCH3 is 1. The molecule has 0 bridgehead atoms. The van der Waals surface area contributed by atoms with Crippen LogP contribution in [0.5, 0.6) is 11.5 Å². The van der Waals surface area contributed by atoms with Crippen LogP contribution in [-0.2, 0) is 0 Å². The molecule has 2 amide bonds. The third kappa shape index (κ3) is 6.00. The maximum absolute atomic E-state index is 12.4. The molecule has 2 rings (SSSR count). The van der Waals surface area contributed by atoms with Crippen molar-refractivity contribution < 1.29 is 23.0 Å². The quantitative estimate of drug-likeness (QED) is 0.611. The SMILES string of the molecule is COc1ccc(NC(=O)NCCNc2ncccc2C#N)cc1OC(F)F. The number of carbonyl (C=O) groups is 1. The Balaban J connectivity index is 1.84. The van der Waals surface area contributed by atoms with Gasteiger partial charge in [-0.1, -0.05) is 0 Å². The monoisotopic (exact) mass is 377 g/mol. The average molecular weight is 377 g/mol. The first kappa shape index (κ1) is 19.7. The summed E-state index contributed by atoms with van der Waals surface area (Å²) < 4.78 is 34.1. The Kier molecular flexibility index (Phi) is 7.13. The predicted molar refractivity (Wildman–Crippen MR) is 94.1 cm³/mol. The Morgan fingerprint density at radius 3 is 2.81 bits per heavy atom. The standard InChI is InChI=1S/C17H17F2N5O3/c1-26-13-5-4-12(9-14(13)27-16(18)19)24-17(25)23-8-7-22-15-11(10-20)3-2-6-21-15/h2-6,9,16H,7-8H2,1H3,(H,21,22)(H2,23,24,25). The zero-order chi connectivity index (χ0) is 19.6. The van der Waals surface area contributed by atoms with E-state index in [9.17, 15) is 13.6 Å². The van der Waals surface area contributed by atoms with Gasteiger partial charge in [-0.3, -0.25) is 0 Å². The summed E-state index contributed by atoms with van der Waals surface area (Å²) in [5.41, 5.74) is 0.653. The number of nitrogens with zero attached hydrogens (tertiary/aromatic N) is 2. The highest BCUT2D eigenvalue weighted by Gasteiger charge is 2.12. The van der Waals surface area contributed by atoms with Gasteiger partial charge in [-0.2, -0.15) is 14.0 Å². The highest BCUT2D eigenvalue weighted by molar-refractivity contribution is 5.89. The molecular formula is C17H17F2N5O3. The van der Waals surface area contributed by atoms with Crippen LogP contribution in [0.1, 0.15) is 5.56 Å². The summed E-state index contributed by atoms with van der Waals surface area (Å²) in [6.07, 6.45) is 1.55. The molecule has 142 valence electrons. The van der Waals surface area contributed by atoms with E-state index in [0.717, 1.165) is 0 Å². The molecule has 3 N–H and O–H groups in total. The molecule has 10 heteroatoms. The van der Waals surface area contributed by atoms with E-state index in [-0.39, 0.29) is 23.7 Å². The van der Waals surface area contributed by atoms with E-state index in [4.69, 9.17) is 10.00 Å². The normalized spacial score (nSPS) is 10.0. The summed E-state index contributed by atoms with van der Waals surface area (Å²) in [5, 5.41) is 17.0. The second kappa shape index (κ2) is 9.76. The van der Waals surface area contributed by atoms with Crippen LogP contribution >= 0.6 is 0 Å². The van der Waals surface area contributed by atoms with Crippen molar-refractivity contribution >= 4 is 17.5 Å². The molecule has 8 nitrogen and oxygen atoms in total. The maximum Gasteiger partial charge on any atom is 0.387 e. The van der Waals surface area contributed by atoms with Crippen molar-refractivity contribution in [2.45, 2.75) is 6.61 Å². The van der Waals surface area contributed by atoms with Gasteiger partial charge in [-0.05, 0) is 24.3 Å². The lowest BCUT2D eigenvalue weighted by atomic mass is 10.3. The molecule has 0 spiro atoms. The molecule has 27 heavy (non-hydrogen) atoms. The van der Waals surface area contributed by atoms with Crippen molar-refractivity contribution in [3.63, 3.8) is 0 Å². The van der Waals surface area contributed by atoms with Gasteiger partial charge in [0.1, 0.15) is 11.9 Å². The lowest BCUT2D eigenvalue weighted by molar-refractivity contribution is -0.0511. The van der Waals surface area contributed by atoms with E-state index < -0.39 is 12.6 Å². The number of aromatic nitrogens is 1. The summed E-state index contributed by atoms with van der Waals surface area (Å²) in [6.45, 7) is -2.44. The molecule has 1 aromatic carbocycles. The van der Waals surface area contributed by atoms with Crippen LogP contribution in [-0.4, -0.2) is 37.8 Å². The molecule has 2 aromatic rings. The molecule has 1 aromatic heterocycles. The number of nitrogens with one attached hydrogen (secondary N) is 3. The Labute approximate surface area is 154 Å². The third-order valence-corrected chi connectivity index (χ3v) is 3.27. The summed E-state index contributed by atoms with van der Waals surface area (Å²) >= 11 is 0. The Morgan fingerprint density at radius 2 is 2.11 bits per heavy atom. The molecule has 0 saturated carbocycles. The van der Waals surface area contributed by atoms with Crippen molar-refractivity contribution in [2.24, 2.45) is 0 Å². The molecule has 0 saturated heterocycles.